The molecule has 3 nitrogen and oxygen atoms in total. The number of carbonyl (C=O) groups is 1. The molecule has 1 aliphatic rings. The lowest BCUT2D eigenvalue weighted by Gasteiger charge is -2.18. The van der Waals surface area contributed by atoms with Crippen LogP contribution in [0, 0.1) is 3.57 Å². The number of hydrogen-bond acceptors (Lipinski definition) is 2. The lowest BCUT2D eigenvalue weighted by atomic mass is 10.1. The van der Waals surface area contributed by atoms with Gasteiger partial charge in [0.2, 0.25) is 0 Å². The van der Waals surface area contributed by atoms with Crippen LogP contribution in [-0.4, -0.2) is 17.1 Å². The number of hydrogen-bond donors (Lipinski definition) is 2. The molecular weight excluding hydrogens is 445 g/mol. The minimum absolute atomic E-state index is 0.165. The van der Waals surface area contributed by atoms with E-state index in [9.17, 15) is 9.90 Å². The first kappa shape index (κ1) is 15.0. The summed E-state index contributed by atoms with van der Waals surface area (Å²) in [6.07, 6.45) is 0.00706. The van der Waals surface area contributed by atoms with Gasteiger partial charge in [0.05, 0.1) is 17.7 Å². The number of rotatable bonds is 2. The molecule has 0 fully saturated rings. The van der Waals surface area contributed by atoms with E-state index < -0.39 is 6.10 Å². The van der Waals surface area contributed by atoms with Gasteiger partial charge in [0.1, 0.15) is 0 Å². The quantitative estimate of drug-likeness (QED) is 0.678. The van der Waals surface area contributed by atoms with Crippen molar-refractivity contribution < 1.29 is 9.90 Å². The predicted molar refractivity (Wildman–Crippen MR) is 93.2 cm³/mol. The zero-order chi connectivity index (χ0) is 15.0. The van der Waals surface area contributed by atoms with Crippen LogP contribution in [0.2, 0.25) is 0 Å². The van der Waals surface area contributed by atoms with E-state index >= 15 is 0 Å². The van der Waals surface area contributed by atoms with Crippen molar-refractivity contribution in [1.82, 2.24) is 5.32 Å². The highest BCUT2D eigenvalue weighted by Crippen LogP contribution is 2.31. The molecule has 0 spiro atoms. The average Bonchev–Trinajstić information content (AvgIpc) is 2.78. The van der Waals surface area contributed by atoms with E-state index in [1.807, 2.05) is 36.4 Å². The first-order valence-electron chi connectivity index (χ1n) is 6.58. The van der Waals surface area contributed by atoms with Gasteiger partial charge in [-0.1, -0.05) is 40.2 Å². The van der Waals surface area contributed by atoms with Crippen molar-refractivity contribution in [2.75, 3.05) is 0 Å². The highest BCUT2D eigenvalue weighted by atomic mass is 127. The summed E-state index contributed by atoms with van der Waals surface area (Å²) in [5, 5.41) is 13.2. The van der Waals surface area contributed by atoms with Gasteiger partial charge in [-0.15, -0.1) is 0 Å². The van der Waals surface area contributed by atoms with Crippen molar-refractivity contribution in [1.29, 1.82) is 0 Å². The molecule has 2 atom stereocenters. The fourth-order valence-electron chi connectivity index (χ4n) is 2.64. The van der Waals surface area contributed by atoms with E-state index in [1.165, 1.54) is 0 Å². The molecule has 0 aliphatic heterocycles. The van der Waals surface area contributed by atoms with Crippen LogP contribution in [0.15, 0.2) is 46.9 Å². The second kappa shape index (κ2) is 6.06. The number of aliphatic hydroxyl groups excluding tert-OH is 1. The average molecular weight is 458 g/mol. The standard InChI is InChI=1S/C16H13BrINO2/c17-10-5-6-13(18)12(8-10)16(21)19-15-11-4-2-1-3-9(11)7-14(15)20/h1-6,8,14-15,20H,7H2,(H,19,21). The van der Waals surface area contributed by atoms with E-state index in [0.29, 0.717) is 12.0 Å². The monoisotopic (exact) mass is 457 g/mol. The maximum Gasteiger partial charge on any atom is 0.252 e. The molecule has 21 heavy (non-hydrogen) atoms. The second-order valence-corrected chi connectivity index (χ2v) is 7.12. The summed E-state index contributed by atoms with van der Waals surface area (Å²) in [6, 6.07) is 13.1. The van der Waals surface area contributed by atoms with Gasteiger partial charge in [-0.05, 0) is 51.9 Å². The third kappa shape index (κ3) is 3.00. The predicted octanol–water partition coefficient (Wildman–Crippen LogP) is 3.44. The molecule has 2 aromatic carbocycles. The van der Waals surface area contributed by atoms with E-state index in [4.69, 9.17) is 0 Å². The Kier molecular flexibility index (Phi) is 4.33. The zero-order valence-electron chi connectivity index (χ0n) is 11.0. The van der Waals surface area contributed by atoms with Crippen molar-refractivity contribution in [2.24, 2.45) is 0 Å². The van der Waals surface area contributed by atoms with E-state index in [-0.39, 0.29) is 11.9 Å². The number of fused-ring (bicyclic) bond motifs is 1. The summed E-state index contributed by atoms with van der Waals surface area (Å²) in [4.78, 5) is 12.5. The van der Waals surface area contributed by atoms with Crippen molar-refractivity contribution in [3.8, 4) is 0 Å². The van der Waals surface area contributed by atoms with Gasteiger partial charge in [0, 0.05) is 14.5 Å². The van der Waals surface area contributed by atoms with E-state index in [0.717, 1.165) is 19.2 Å². The molecule has 0 aromatic heterocycles. The van der Waals surface area contributed by atoms with Crippen molar-refractivity contribution in [3.63, 3.8) is 0 Å². The van der Waals surface area contributed by atoms with Crippen LogP contribution in [0.25, 0.3) is 0 Å². The molecule has 0 saturated carbocycles. The molecule has 0 saturated heterocycles. The minimum atomic E-state index is -0.573. The fraction of sp³-hybridized carbons (Fsp3) is 0.188. The number of aliphatic hydroxyl groups is 1. The third-order valence-corrected chi connectivity index (χ3v) is 5.10. The van der Waals surface area contributed by atoms with Crippen LogP contribution in [-0.2, 0) is 6.42 Å². The zero-order valence-corrected chi connectivity index (χ0v) is 14.8. The van der Waals surface area contributed by atoms with Gasteiger partial charge in [0.25, 0.3) is 5.91 Å². The molecule has 108 valence electrons. The molecule has 2 N–H and O–H groups in total. The summed E-state index contributed by atoms with van der Waals surface area (Å²) >= 11 is 5.52. The van der Waals surface area contributed by atoms with Crippen molar-refractivity contribution >= 4 is 44.4 Å². The summed E-state index contributed by atoms with van der Waals surface area (Å²) in [6.45, 7) is 0. The Morgan fingerprint density at radius 1 is 1.29 bits per heavy atom. The lowest BCUT2D eigenvalue weighted by molar-refractivity contribution is 0.0857. The van der Waals surface area contributed by atoms with Crippen molar-refractivity contribution in [2.45, 2.75) is 18.6 Å². The Morgan fingerprint density at radius 2 is 2.05 bits per heavy atom. The first-order chi connectivity index (χ1) is 10.1. The molecule has 0 radical (unpaired) electrons. The third-order valence-electron chi connectivity index (χ3n) is 3.66. The van der Waals surface area contributed by atoms with Gasteiger partial charge < -0.3 is 10.4 Å². The second-order valence-electron chi connectivity index (χ2n) is 5.05. The SMILES string of the molecule is O=C(NC1c2ccccc2CC1O)c1cc(Br)ccc1I. The van der Waals surface area contributed by atoms with Crippen LogP contribution in [0.4, 0.5) is 0 Å². The number of amides is 1. The van der Waals surface area contributed by atoms with Crippen molar-refractivity contribution in [3.05, 3.63) is 67.2 Å². The van der Waals surface area contributed by atoms with Gasteiger partial charge in [-0.3, -0.25) is 4.79 Å². The van der Waals surface area contributed by atoms with E-state index in [1.54, 1.807) is 6.07 Å². The normalized spacial score (nSPS) is 20.1. The van der Waals surface area contributed by atoms with Crippen LogP contribution >= 0.6 is 38.5 Å². The summed E-state index contributed by atoms with van der Waals surface area (Å²) in [5.41, 5.74) is 2.71. The molecule has 1 amide bonds. The highest BCUT2D eigenvalue weighted by Gasteiger charge is 2.32. The molecule has 0 bridgehead atoms. The summed E-state index contributed by atoms with van der Waals surface area (Å²) < 4.78 is 1.74. The molecule has 1 aliphatic carbocycles. The Morgan fingerprint density at radius 3 is 2.86 bits per heavy atom. The molecule has 2 aromatic rings. The summed E-state index contributed by atoms with van der Waals surface area (Å²) in [5.74, 6) is -0.165. The molecular formula is C16H13BrINO2. The topological polar surface area (TPSA) is 49.3 Å². The number of carbonyl (C=O) groups excluding carboxylic acids is 1. The molecule has 5 heteroatoms. The fourth-order valence-corrected chi connectivity index (χ4v) is 3.58. The Bertz CT molecular complexity index is 704. The molecule has 3 rings (SSSR count). The summed E-state index contributed by atoms with van der Waals surface area (Å²) in [7, 11) is 0. The highest BCUT2D eigenvalue weighted by molar-refractivity contribution is 14.1. The van der Waals surface area contributed by atoms with Crippen LogP contribution in [0.5, 0.6) is 0 Å². The van der Waals surface area contributed by atoms with Gasteiger partial charge in [-0.2, -0.15) is 0 Å². The maximum absolute atomic E-state index is 12.5. The largest absolute Gasteiger partial charge is 0.390 e. The van der Waals surface area contributed by atoms with Crippen LogP contribution < -0.4 is 5.32 Å². The number of benzene rings is 2. The van der Waals surface area contributed by atoms with E-state index in [2.05, 4.69) is 43.8 Å². The molecule has 2 unspecified atom stereocenters. The van der Waals surface area contributed by atoms with Gasteiger partial charge in [-0.25, -0.2) is 0 Å². The number of halogens is 2. The Balaban J connectivity index is 1.87. The maximum atomic E-state index is 12.5. The van der Waals surface area contributed by atoms with Gasteiger partial charge >= 0.3 is 0 Å². The van der Waals surface area contributed by atoms with Crippen LogP contribution in [0.1, 0.15) is 27.5 Å². The Hall–Kier alpha value is -0.920. The lowest BCUT2D eigenvalue weighted by Crippen LogP contribution is -2.34. The minimum Gasteiger partial charge on any atom is -0.390 e. The Labute approximate surface area is 145 Å². The number of nitrogens with one attached hydrogen (secondary N) is 1. The first-order valence-corrected chi connectivity index (χ1v) is 8.45. The van der Waals surface area contributed by atoms with Gasteiger partial charge in [0.15, 0.2) is 0 Å². The van der Waals surface area contributed by atoms with Crippen LogP contribution in [0.3, 0.4) is 0 Å². The smallest absolute Gasteiger partial charge is 0.252 e. The molecule has 0 heterocycles.